The van der Waals surface area contributed by atoms with Gasteiger partial charge in [0.25, 0.3) is 0 Å². The van der Waals surface area contributed by atoms with Gasteiger partial charge in [0.1, 0.15) is 6.54 Å². The van der Waals surface area contributed by atoms with Gasteiger partial charge in [-0.25, -0.2) is 0 Å². The highest BCUT2D eigenvalue weighted by atomic mass is 16.5. The minimum absolute atomic E-state index is 0.00737. The minimum atomic E-state index is -0.343. The zero-order chi connectivity index (χ0) is 11.3. The van der Waals surface area contributed by atoms with Gasteiger partial charge in [0.15, 0.2) is 0 Å². The number of hydrogen-bond acceptors (Lipinski definition) is 3. The molecule has 0 atom stereocenters. The maximum Gasteiger partial charge on any atom is 0.325 e. The van der Waals surface area contributed by atoms with Gasteiger partial charge in [0.05, 0.1) is 6.61 Å². The number of carbonyl (C=O) groups is 2. The van der Waals surface area contributed by atoms with Gasteiger partial charge in [-0.2, -0.15) is 0 Å². The van der Waals surface area contributed by atoms with Crippen molar-refractivity contribution >= 4 is 11.9 Å². The van der Waals surface area contributed by atoms with E-state index in [1.54, 1.807) is 0 Å². The Morgan fingerprint density at radius 3 is 2.60 bits per heavy atom. The molecule has 0 aromatic rings. The molecule has 1 N–H and O–H groups in total. The van der Waals surface area contributed by atoms with Crippen LogP contribution in [-0.2, 0) is 14.3 Å². The molecule has 4 nitrogen and oxygen atoms in total. The standard InChI is InChI=1S/C11H19NO3/c1-8(2)5-6-15-10(13)7-12-11(14)9-3-4-9/h8-9H,3-7H2,1-2H3,(H,12,14). The topological polar surface area (TPSA) is 55.4 Å². The lowest BCUT2D eigenvalue weighted by atomic mass is 10.1. The van der Waals surface area contributed by atoms with Gasteiger partial charge in [-0.05, 0) is 25.2 Å². The first-order valence-electron chi connectivity index (χ1n) is 5.53. The Kier molecular flexibility index (Phi) is 4.59. The van der Waals surface area contributed by atoms with Crippen LogP contribution in [0.2, 0.25) is 0 Å². The van der Waals surface area contributed by atoms with Crippen LogP contribution in [0.4, 0.5) is 0 Å². The summed E-state index contributed by atoms with van der Waals surface area (Å²) in [5, 5.41) is 2.57. The van der Waals surface area contributed by atoms with Crippen molar-refractivity contribution < 1.29 is 14.3 Å². The molecule has 1 aliphatic rings. The van der Waals surface area contributed by atoms with E-state index >= 15 is 0 Å². The average Bonchev–Trinajstić information content (AvgIpc) is 2.96. The predicted octanol–water partition coefficient (Wildman–Crippen LogP) is 1.10. The van der Waals surface area contributed by atoms with E-state index in [0.29, 0.717) is 12.5 Å². The monoisotopic (exact) mass is 213 g/mol. The zero-order valence-corrected chi connectivity index (χ0v) is 9.41. The SMILES string of the molecule is CC(C)CCOC(=O)CNC(=O)C1CC1. The molecule has 0 heterocycles. The number of carbonyl (C=O) groups excluding carboxylic acids is 2. The van der Waals surface area contributed by atoms with E-state index in [0.717, 1.165) is 19.3 Å². The van der Waals surface area contributed by atoms with Gasteiger partial charge in [-0.15, -0.1) is 0 Å². The molecule has 1 fully saturated rings. The largest absolute Gasteiger partial charge is 0.464 e. The molecule has 0 saturated heterocycles. The van der Waals surface area contributed by atoms with Gasteiger partial charge in [-0.3, -0.25) is 9.59 Å². The fourth-order valence-electron chi connectivity index (χ4n) is 1.11. The molecule has 1 rings (SSSR count). The summed E-state index contributed by atoms with van der Waals surface area (Å²) >= 11 is 0. The van der Waals surface area contributed by atoms with E-state index in [1.807, 2.05) is 0 Å². The summed E-state index contributed by atoms with van der Waals surface area (Å²) < 4.78 is 4.95. The minimum Gasteiger partial charge on any atom is -0.464 e. The summed E-state index contributed by atoms with van der Waals surface area (Å²) in [6, 6.07) is 0. The van der Waals surface area contributed by atoms with Crippen LogP contribution in [0.15, 0.2) is 0 Å². The van der Waals surface area contributed by atoms with Gasteiger partial charge in [-0.1, -0.05) is 13.8 Å². The summed E-state index contributed by atoms with van der Waals surface area (Å²) in [6.07, 6.45) is 2.77. The van der Waals surface area contributed by atoms with Gasteiger partial charge in [0, 0.05) is 5.92 Å². The molecule has 0 unspecified atom stereocenters. The van der Waals surface area contributed by atoms with Crippen molar-refractivity contribution in [1.82, 2.24) is 5.32 Å². The van der Waals surface area contributed by atoms with Crippen LogP contribution >= 0.6 is 0 Å². The van der Waals surface area contributed by atoms with Crippen LogP contribution in [0, 0.1) is 11.8 Å². The predicted molar refractivity (Wildman–Crippen MR) is 56.1 cm³/mol. The van der Waals surface area contributed by atoms with Crippen molar-refractivity contribution in [3.63, 3.8) is 0 Å². The number of nitrogens with one attached hydrogen (secondary N) is 1. The van der Waals surface area contributed by atoms with E-state index in [2.05, 4.69) is 19.2 Å². The van der Waals surface area contributed by atoms with Gasteiger partial charge in [0.2, 0.25) is 5.91 Å². The first-order chi connectivity index (χ1) is 7.09. The molecular weight excluding hydrogens is 194 g/mol. The number of hydrogen-bond donors (Lipinski definition) is 1. The normalized spacial score (nSPS) is 15.1. The third-order valence-corrected chi connectivity index (χ3v) is 2.31. The van der Waals surface area contributed by atoms with Crippen LogP contribution in [0.5, 0.6) is 0 Å². The second kappa shape index (κ2) is 5.73. The summed E-state index contributed by atoms with van der Waals surface area (Å²) in [6.45, 7) is 4.59. The molecule has 1 amide bonds. The Morgan fingerprint density at radius 1 is 1.40 bits per heavy atom. The first kappa shape index (κ1) is 12.0. The summed E-state index contributed by atoms with van der Waals surface area (Å²) in [7, 11) is 0. The number of ether oxygens (including phenoxy) is 1. The first-order valence-corrected chi connectivity index (χ1v) is 5.53. The van der Waals surface area contributed by atoms with Crippen molar-refractivity contribution in [1.29, 1.82) is 0 Å². The highest BCUT2D eigenvalue weighted by molar-refractivity contribution is 5.84. The lowest BCUT2D eigenvalue weighted by Crippen LogP contribution is -2.31. The molecule has 1 saturated carbocycles. The Hall–Kier alpha value is -1.06. The lowest BCUT2D eigenvalue weighted by molar-refractivity contribution is -0.144. The summed E-state index contributed by atoms with van der Waals surface area (Å²) in [5.74, 6) is 0.313. The second-order valence-corrected chi connectivity index (χ2v) is 4.40. The summed E-state index contributed by atoms with van der Waals surface area (Å²) in [4.78, 5) is 22.3. The Morgan fingerprint density at radius 2 is 2.07 bits per heavy atom. The van der Waals surface area contributed by atoms with Crippen molar-refractivity contribution in [2.75, 3.05) is 13.2 Å². The van der Waals surface area contributed by atoms with E-state index in [1.165, 1.54) is 0 Å². The lowest BCUT2D eigenvalue weighted by Gasteiger charge is -2.07. The zero-order valence-electron chi connectivity index (χ0n) is 9.41. The number of esters is 1. The fourth-order valence-corrected chi connectivity index (χ4v) is 1.11. The van der Waals surface area contributed by atoms with Crippen molar-refractivity contribution in [2.45, 2.75) is 33.1 Å². The Balaban J connectivity index is 2.00. The maximum absolute atomic E-state index is 11.2. The third kappa shape index (κ3) is 5.40. The van der Waals surface area contributed by atoms with E-state index in [4.69, 9.17) is 4.74 Å². The second-order valence-electron chi connectivity index (χ2n) is 4.40. The summed E-state index contributed by atoms with van der Waals surface area (Å²) in [5.41, 5.74) is 0. The molecule has 0 bridgehead atoms. The fraction of sp³-hybridized carbons (Fsp3) is 0.818. The quantitative estimate of drug-likeness (QED) is 0.672. The van der Waals surface area contributed by atoms with Crippen molar-refractivity contribution in [3.05, 3.63) is 0 Å². The molecular formula is C11H19NO3. The smallest absolute Gasteiger partial charge is 0.325 e. The van der Waals surface area contributed by atoms with Crippen LogP contribution in [0.3, 0.4) is 0 Å². The highest BCUT2D eigenvalue weighted by Crippen LogP contribution is 2.28. The third-order valence-electron chi connectivity index (χ3n) is 2.31. The van der Waals surface area contributed by atoms with Crippen LogP contribution in [0.1, 0.15) is 33.1 Å². The van der Waals surface area contributed by atoms with E-state index in [9.17, 15) is 9.59 Å². The van der Waals surface area contributed by atoms with E-state index < -0.39 is 0 Å². The molecule has 0 aromatic carbocycles. The van der Waals surface area contributed by atoms with Crippen LogP contribution < -0.4 is 5.32 Å². The molecule has 0 radical (unpaired) electrons. The molecule has 0 aliphatic heterocycles. The van der Waals surface area contributed by atoms with Crippen LogP contribution in [0.25, 0.3) is 0 Å². The molecule has 86 valence electrons. The molecule has 0 spiro atoms. The Bertz CT molecular complexity index is 234. The molecule has 15 heavy (non-hydrogen) atoms. The van der Waals surface area contributed by atoms with E-state index in [-0.39, 0.29) is 24.3 Å². The highest BCUT2D eigenvalue weighted by Gasteiger charge is 2.29. The van der Waals surface area contributed by atoms with Gasteiger partial charge >= 0.3 is 5.97 Å². The number of amides is 1. The Labute approximate surface area is 90.4 Å². The average molecular weight is 213 g/mol. The molecule has 0 aromatic heterocycles. The molecule has 4 heteroatoms. The van der Waals surface area contributed by atoms with Crippen molar-refractivity contribution in [3.8, 4) is 0 Å². The van der Waals surface area contributed by atoms with Gasteiger partial charge < -0.3 is 10.1 Å². The van der Waals surface area contributed by atoms with Crippen LogP contribution in [-0.4, -0.2) is 25.0 Å². The molecule has 1 aliphatic carbocycles. The van der Waals surface area contributed by atoms with Crippen molar-refractivity contribution in [2.24, 2.45) is 11.8 Å². The maximum atomic E-state index is 11.2. The number of rotatable bonds is 6.